The van der Waals surface area contributed by atoms with Crippen LogP contribution in [-0.4, -0.2) is 31.1 Å². The lowest BCUT2D eigenvalue weighted by atomic mass is 10.2. The molecule has 2 rings (SSSR count). The van der Waals surface area contributed by atoms with E-state index in [0.717, 1.165) is 0 Å². The van der Waals surface area contributed by atoms with Gasteiger partial charge in [-0.2, -0.15) is 0 Å². The summed E-state index contributed by atoms with van der Waals surface area (Å²) in [4.78, 5) is -0.686. The molecule has 0 aliphatic carbocycles. The average molecular weight is 414 g/mol. The van der Waals surface area contributed by atoms with Crippen molar-refractivity contribution in [2.24, 2.45) is 0 Å². The molecule has 0 amide bonds. The Labute approximate surface area is 156 Å². The van der Waals surface area contributed by atoms with Crippen molar-refractivity contribution in [2.75, 3.05) is 10.6 Å². The Kier molecular flexibility index (Phi) is 5.68. The summed E-state index contributed by atoms with van der Waals surface area (Å²) in [6, 6.07) is 7.61. The van der Waals surface area contributed by atoms with Gasteiger partial charge in [-0.15, -0.1) is 0 Å². The fraction of sp³-hybridized carbons (Fsp3) is 0.133. The Morgan fingerprint density at radius 2 is 1.15 bits per heavy atom. The van der Waals surface area contributed by atoms with E-state index in [1.54, 1.807) is 13.8 Å². The van der Waals surface area contributed by atoms with Crippen LogP contribution in [0.1, 0.15) is 11.1 Å². The maximum Gasteiger partial charge on any atom is 0.175 e. The smallest absolute Gasteiger partial charge is 0.175 e. The van der Waals surface area contributed by atoms with Gasteiger partial charge in [-0.3, -0.25) is 0 Å². The van der Waals surface area contributed by atoms with E-state index in [9.17, 15) is 25.9 Å². The molecular weight excluding hydrogens is 400 g/mol. The van der Waals surface area contributed by atoms with E-state index < -0.39 is 20.2 Å². The van der Waals surface area contributed by atoms with Crippen molar-refractivity contribution >= 4 is 48.9 Å². The lowest BCUT2D eigenvalue weighted by Gasteiger charge is -2.16. The Balaban J connectivity index is 2.17. The Hall–Kier alpha value is -2.05. The van der Waals surface area contributed by atoms with Gasteiger partial charge in [-0.1, -0.05) is 0 Å². The van der Waals surface area contributed by atoms with Gasteiger partial charge in [0, 0.05) is 11.4 Å². The third-order valence-electron chi connectivity index (χ3n) is 3.47. The van der Waals surface area contributed by atoms with Crippen LogP contribution in [0.3, 0.4) is 0 Å². The number of thiocarbonyl (C=S) groups is 1. The lowest BCUT2D eigenvalue weighted by molar-refractivity contribution is 0.461. The van der Waals surface area contributed by atoms with E-state index in [-0.39, 0.29) is 14.9 Å². The van der Waals surface area contributed by atoms with E-state index >= 15 is 0 Å². The highest BCUT2D eigenvalue weighted by Gasteiger charge is 2.09. The first-order valence-electron chi connectivity index (χ1n) is 7.09. The highest BCUT2D eigenvalue weighted by Crippen LogP contribution is 2.22. The molecular formula is C15H14N2O6S3-2. The summed E-state index contributed by atoms with van der Waals surface area (Å²) in [5, 5.41) is 5.86. The van der Waals surface area contributed by atoms with Crippen LogP contribution < -0.4 is 10.6 Å². The van der Waals surface area contributed by atoms with Crippen LogP contribution in [0.5, 0.6) is 0 Å². The van der Waals surface area contributed by atoms with E-state index in [4.69, 9.17) is 12.2 Å². The average Bonchev–Trinajstić information content (AvgIpc) is 2.49. The molecule has 0 fully saturated rings. The predicted molar refractivity (Wildman–Crippen MR) is 98.1 cm³/mol. The number of benzene rings is 2. The molecule has 26 heavy (non-hydrogen) atoms. The van der Waals surface area contributed by atoms with Crippen molar-refractivity contribution in [3.63, 3.8) is 0 Å². The van der Waals surface area contributed by atoms with Gasteiger partial charge < -0.3 is 19.7 Å². The largest absolute Gasteiger partial charge is 0.744 e. The lowest BCUT2D eigenvalue weighted by Crippen LogP contribution is -2.20. The summed E-state index contributed by atoms with van der Waals surface area (Å²) in [6.07, 6.45) is 0. The molecule has 0 atom stereocenters. The topological polar surface area (TPSA) is 138 Å². The maximum absolute atomic E-state index is 11.0. The zero-order valence-corrected chi connectivity index (χ0v) is 16.1. The first kappa shape index (κ1) is 20.3. The van der Waals surface area contributed by atoms with Gasteiger partial charge in [-0.05, 0) is 73.6 Å². The molecule has 0 saturated carbocycles. The molecule has 140 valence electrons. The number of aryl methyl sites for hydroxylation is 2. The van der Waals surface area contributed by atoms with Gasteiger partial charge >= 0.3 is 0 Å². The number of hydrogen-bond acceptors (Lipinski definition) is 7. The Morgan fingerprint density at radius 3 is 1.42 bits per heavy atom. The van der Waals surface area contributed by atoms with Gasteiger partial charge in [0.15, 0.2) is 5.11 Å². The predicted octanol–water partition coefficient (Wildman–Crippen LogP) is 1.92. The SMILES string of the molecule is Cc1cc(S(=O)(=O)[O-])ccc1NC(=S)Nc1ccc(S(=O)(=O)[O-])cc1C. The van der Waals surface area contributed by atoms with Gasteiger partial charge in [0.1, 0.15) is 20.2 Å². The molecule has 11 heteroatoms. The van der Waals surface area contributed by atoms with Crippen LogP contribution in [0.4, 0.5) is 11.4 Å². The number of nitrogens with one attached hydrogen (secondary N) is 2. The molecule has 8 nitrogen and oxygen atoms in total. The van der Waals surface area contributed by atoms with Crippen molar-refractivity contribution in [1.82, 2.24) is 0 Å². The highest BCUT2D eigenvalue weighted by molar-refractivity contribution is 7.86. The van der Waals surface area contributed by atoms with Crippen molar-refractivity contribution in [1.29, 1.82) is 0 Å². The van der Waals surface area contributed by atoms with E-state index in [1.165, 1.54) is 36.4 Å². The van der Waals surface area contributed by atoms with Crippen LogP contribution in [0.25, 0.3) is 0 Å². The third-order valence-corrected chi connectivity index (χ3v) is 5.34. The molecule has 2 aromatic rings. The van der Waals surface area contributed by atoms with Gasteiger partial charge in [-0.25, -0.2) is 16.8 Å². The molecule has 0 saturated heterocycles. The van der Waals surface area contributed by atoms with Crippen LogP contribution >= 0.6 is 12.2 Å². The summed E-state index contributed by atoms with van der Waals surface area (Å²) in [5.74, 6) is 0. The van der Waals surface area contributed by atoms with E-state index in [1.807, 2.05) is 0 Å². The number of rotatable bonds is 4. The maximum atomic E-state index is 11.0. The molecule has 0 heterocycles. The molecule has 2 aromatic carbocycles. The third kappa shape index (κ3) is 4.99. The van der Waals surface area contributed by atoms with E-state index in [2.05, 4.69) is 10.6 Å². The highest BCUT2D eigenvalue weighted by atomic mass is 32.2. The second-order valence-electron chi connectivity index (χ2n) is 5.44. The van der Waals surface area contributed by atoms with Crippen LogP contribution in [0.2, 0.25) is 0 Å². The fourth-order valence-corrected chi connectivity index (χ4v) is 3.47. The molecule has 0 spiro atoms. The van der Waals surface area contributed by atoms with Gasteiger partial charge in [0.25, 0.3) is 0 Å². The van der Waals surface area contributed by atoms with Crippen molar-refractivity contribution in [3.05, 3.63) is 47.5 Å². The first-order valence-corrected chi connectivity index (χ1v) is 10.3. The molecule has 0 aliphatic heterocycles. The van der Waals surface area contributed by atoms with Gasteiger partial charge in [0.2, 0.25) is 0 Å². The fourth-order valence-electron chi connectivity index (χ4n) is 2.14. The summed E-state index contributed by atoms with van der Waals surface area (Å²) in [5.41, 5.74) is 1.98. The van der Waals surface area contributed by atoms with Crippen LogP contribution in [0.15, 0.2) is 46.2 Å². The number of hydrogen-bond donors (Lipinski definition) is 2. The summed E-state index contributed by atoms with van der Waals surface area (Å²) >= 11 is 5.17. The standard InChI is InChI=1S/C15H16N2O6S3/c1-9-7-11(25(18,19)20)3-5-13(9)16-15(24)17-14-6-4-12(8-10(14)2)26(21,22)23/h3-8H,1-2H3,(H2,16,17,24)(H,18,19,20)(H,21,22,23)/p-2. The Bertz CT molecular complexity index is 993. The van der Waals surface area contributed by atoms with Crippen LogP contribution in [0, 0.1) is 13.8 Å². The van der Waals surface area contributed by atoms with E-state index in [0.29, 0.717) is 22.5 Å². The quantitative estimate of drug-likeness (QED) is 0.567. The minimum absolute atomic E-state index is 0.159. The minimum Gasteiger partial charge on any atom is -0.744 e. The zero-order chi connectivity index (χ0) is 19.7. The molecule has 2 N–H and O–H groups in total. The second kappa shape index (κ2) is 7.29. The van der Waals surface area contributed by atoms with Crippen molar-refractivity contribution in [3.8, 4) is 0 Å². The molecule has 0 aliphatic rings. The first-order chi connectivity index (χ1) is 11.9. The second-order valence-corrected chi connectivity index (χ2v) is 8.61. The van der Waals surface area contributed by atoms with Crippen molar-refractivity contribution in [2.45, 2.75) is 23.6 Å². The Morgan fingerprint density at radius 1 is 0.808 bits per heavy atom. The number of anilines is 2. The normalized spacial score (nSPS) is 11.8. The van der Waals surface area contributed by atoms with Crippen LogP contribution in [-0.2, 0) is 20.2 Å². The summed E-state index contributed by atoms with van der Waals surface area (Å²) in [7, 11) is -9.08. The summed E-state index contributed by atoms with van der Waals surface area (Å²) < 4.78 is 66.1. The molecule has 0 bridgehead atoms. The molecule has 0 unspecified atom stereocenters. The molecule has 0 aromatic heterocycles. The van der Waals surface area contributed by atoms with Crippen molar-refractivity contribution < 1.29 is 25.9 Å². The van der Waals surface area contributed by atoms with Gasteiger partial charge in [0.05, 0.1) is 9.79 Å². The summed E-state index contributed by atoms with van der Waals surface area (Å²) in [6.45, 7) is 3.22. The molecule has 0 radical (unpaired) electrons. The monoisotopic (exact) mass is 414 g/mol. The zero-order valence-electron chi connectivity index (χ0n) is 13.6. The minimum atomic E-state index is -4.54.